The zero-order valence-corrected chi connectivity index (χ0v) is 9.06. The molecule has 82 valence electrons. The molecule has 0 amide bonds. The van der Waals surface area contributed by atoms with Crippen molar-refractivity contribution in [1.82, 2.24) is 0 Å². The SMILES string of the molecule is CCC(CC)OC(=O)c1ccccc1O. The summed E-state index contributed by atoms with van der Waals surface area (Å²) >= 11 is 0. The first kappa shape index (κ1) is 11.6. The van der Waals surface area contributed by atoms with Crippen LogP contribution in [-0.4, -0.2) is 17.2 Å². The number of phenols is 1. The van der Waals surface area contributed by atoms with E-state index in [0.29, 0.717) is 0 Å². The lowest BCUT2D eigenvalue weighted by Gasteiger charge is -2.14. The molecule has 1 aromatic rings. The van der Waals surface area contributed by atoms with Crippen molar-refractivity contribution >= 4 is 5.97 Å². The first-order valence-corrected chi connectivity index (χ1v) is 5.18. The summed E-state index contributed by atoms with van der Waals surface area (Å²) in [5.41, 5.74) is 0.226. The molecule has 1 aromatic carbocycles. The molecule has 0 spiro atoms. The molecule has 0 radical (unpaired) electrons. The number of hydrogen-bond acceptors (Lipinski definition) is 3. The van der Waals surface area contributed by atoms with Gasteiger partial charge in [-0.1, -0.05) is 26.0 Å². The van der Waals surface area contributed by atoms with Crippen LogP contribution in [0.5, 0.6) is 5.75 Å². The molecule has 0 unspecified atom stereocenters. The van der Waals surface area contributed by atoms with Crippen LogP contribution < -0.4 is 0 Å². The summed E-state index contributed by atoms with van der Waals surface area (Å²) in [7, 11) is 0. The van der Waals surface area contributed by atoms with E-state index in [1.807, 2.05) is 13.8 Å². The summed E-state index contributed by atoms with van der Waals surface area (Å²) in [6.07, 6.45) is 1.50. The van der Waals surface area contributed by atoms with E-state index in [2.05, 4.69) is 0 Å². The Balaban J connectivity index is 2.73. The van der Waals surface area contributed by atoms with E-state index in [9.17, 15) is 9.90 Å². The monoisotopic (exact) mass is 208 g/mol. The average molecular weight is 208 g/mol. The summed E-state index contributed by atoms with van der Waals surface area (Å²) in [4.78, 5) is 11.6. The minimum Gasteiger partial charge on any atom is -0.507 e. The van der Waals surface area contributed by atoms with Gasteiger partial charge in [-0.05, 0) is 25.0 Å². The third kappa shape index (κ3) is 2.98. The van der Waals surface area contributed by atoms with Crippen LogP contribution in [0.15, 0.2) is 24.3 Å². The highest BCUT2D eigenvalue weighted by molar-refractivity contribution is 5.92. The number of benzene rings is 1. The fourth-order valence-corrected chi connectivity index (χ4v) is 1.32. The van der Waals surface area contributed by atoms with Crippen LogP contribution in [0.1, 0.15) is 37.0 Å². The van der Waals surface area contributed by atoms with Crippen molar-refractivity contribution in [2.24, 2.45) is 0 Å². The van der Waals surface area contributed by atoms with Gasteiger partial charge in [0.2, 0.25) is 0 Å². The second-order valence-electron chi connectivity index (χ2n) is 3.36. The van der Waals surface area contributed by atoms with E-state index in [1.54, 1.807) is 18.2 Å². The van der Waals surface area contributed by atoms with E-state index in [4.69, 9.17) is 4.74 Å². The maximum atomic E-state index is 11.6. The maximum absolute atomic E-state index is 11.6. The summed E-state index contributed by atoms with van der Waals surface area (Å²) < 4.78 is 5.22. The number of carbonyl (C=O) groups excluding carboxylic acids is 1. The number of esters is 1. The standard InChI is InChI=1S/C12H16O3/c1-3-9(4-2)15-12(14)10-7-5-6-8-11(10)13/h5-9,13H,3-4H2,1-2H3. The van der Waals surface area contributed by atoms with Gasteiger partial charge in [0.15, 0.2) is 0 Å². The Morgan fingerprint density at radius 1 is 1.33 bits per heavy atom. The topological polar surface area (TPSA) is 46.5 Å². The molecule has 15 heavy (non-hydrogen) atoms. The van der Waals surface area contributed by atoms with E-state index < -0.39 is 5.97 Å². The molecule has 1 N–H and O–H groups in total. The first-order valence-electron chi connectivity index (χ1n) is 5.18. The Bertz CT molecular complexity index is 329. The Morgan fingerprint density at radius 2 is 1.93 bits per heavy atom. The summed E-state index contributed by atoms with van der Waals surface area (Å²) in [5, 5.41) is 9.44. The summed E-state index contributed by atoms with van der Waals surface area (Å²) in [5.74, 6) is -0.491. The smallest absolute Gasteiger partial charge is 0.342 e. The highest BCUT2D eigenvalue weighted by Gasteiger charge is 2.15. The number of hydrogen-bond donors (Lipinski definition) is 1. The third-order valence-electron chi connectivity index (χ3n) is 2.31. The Kier molecular flexibility index (Phi) is 4.16. The lowest BCUT2D eigenvalue weighted by atomic mass is 10.2. The van der Waals surface area contributed by atoms with Crippen LogP contribution in [0.25, 0.3) is 0 Å². The predicted molar refractivity (Wildman–Crippen MR) is 57.9 cm³/mol. The molecule has 3 heteroatoms. The zero-order chi connectivity index (χ0) is 11.3. The molecule has 0 saturated heterocycles. The Hall–Kier alpha value is -1.51. The number of para-hydroxylation sites is 1. The molecular formula is C12H16O3. The number of carbonyl (C=O) groups is 1. The third-order valence-corrected chi connectivity index (χ3v) is 2.31. The van der Waals surface area contributed by atoms with Gasteiger partial charge in [-0.25, -0.2) is 4.79 Å². The van der Waals surface area contributed by atoms with Crippen molar-refractivity contribution in [1.29, 1.82) is 0 Å². The molecule has 0 aromatic heterocycles. The Morgan fingerprint density at radius 3 is 2.47 bits per heavy atom. The lowest BCUT2D eigenvalue weighted by molar-refractivity contribution is 0.0281. The van der Waals surface area contributed by atoms with Crippen LogP contribution in [0.3, 0.4) is 0 Å². The van der Waals surface area contributed by atoms with Crippen molar-refractivity contribution in [3.05, 3.63) is 29.8 Å². The molecule has 0 fully saturated rings. The molecule has 0 saturated carbocycles. The van der Waals surface area contributed by atoms with Crippen LogP contribution in [0.4, 0.5) is 0 Å². The molecule has 1 rings (SSSR count). The predicted octanol–water partition coefficient (Wildman–Crippen LogP) is 2.74. The van der Waals surface area contributed by atoms with Crippen molar-refractivity contribution in [2.75, 3.05) is 0 Å². The minimum atomic E-state index is -0.457. The fraction of sp³-hybridized carbons (Fsp3) is 0.417. The average Bonchev–Trinajstić information content (AvgIpc) is 2.26. The van der Waals surface area contributed by atoms with Gasteiger partial charge >= 0.3 is 5.97 Å². The molecule has 0 bridgehead atoms. The van der Waals surface area contributed by atoms with Crippen molar-refractivity contribution in [3.8, 4) is 5.75 Å². The first-order chi connectivity index (χ1) is 7.19. The van der Waals surface area contributed by atoms with Gasteiger partial charge in [-0.2, -0.15) is 0 Å². The summed E-state index contributed by atoms with van der Waals surface area (Å²) in [6, 6.07) is 6.40. The molecule has 0 aliphatic heterocycles. The van der Waals surface area contributed by atoms with Gasteiger partial charge in [0.05, 0.1) is 0 Å². The molecule has 0 atom stereocenters. The minimum absolute atomic E-state index is 0.0338. The van der Waals surface area contributed by atoms with Crippen LogP contribution in [0.2, 0.25) is 0 Å². The van der Waals surface area contributed by atoms with E-state index >= 15 is 0 Å². The van der Waals surface area contributed by atoms with Gasteiger partial charge in [0.1, 0.15) is 17.4 Å². The van der Waals surface area contributed by atoms with Crippen molar-refractivity contribution in [3.63, 3.8) is 0 Å². The maximum Gasteiger partial charge on any atom is 0.342 e. The van der Waals surface area contributed by atoms with Crippen LogP contribution >= 0.6 is 0 Å². The van der Waals surface area contributed by atoms with E-state index in [-0.39, 0.29) is 17.4 Å². The van der Waals surface area contributed by atoms with Crippen molar-refractivity contribution < 1.29 is 14.6 Å². The molecule has 3 nitrogen and oxygen atoms in total. The fourth-order valence-electron chi connectivity index (χ4n) is 1.32. The van der Waals surface area contributed by atoms with Gasteiger partial charge < -0.3 is 9.84 Å². The number of aromatic hydroxyl groups is 1. The molecule has 0 aliphatic rings. The van der Waals surface area contributed by atoms with E-state index in [1.165, 1.54) is 6.07 Å². The van der Waals surface area contributed by atoms with Crippen molar-refractivity contribution in [2.45, 2.75) is 32.8 Å². The van der Waals surface area contributed by atoms with E-state index in [0.717, 1.165) is 12.8 Å². The highest BCUT2D eigenvalue weighted by Crippen LogP contribution is 2.18. The Labute approximate surface area is 89.7 Å². The lowest BCUT2D eigenvalue weighted by Crippen LogP contribution is -2.16. The van der Waals surface area contributed by atoms with Crippen LogP contribution in [0, 0.1) is 0 Å². The van der Waals surface area contributed by atoms with Gasteiger partial charge in [-0.3, -0.25) is 0 Å². The van der Waals surface area contributed by atoms with Gasteiger partial charge in [0, 0.05) is 0 Å². The highest BCUT2D eigenvalue weighted by atomic mass is 16.5. The summed E-state index contributed by atoms with van der Waals surface area (Å²) in [6.45, 7) is 3.93. The van der Waals surface area contributed by atoms with Gasteiger partial charge in [-0.15, -0.1) is 0 Å². The number of rotatable bonds is 4. The molecular weight excluding hydrogens is 192 g/mol. The second kappa shape index (κ2) is 5.39. The second-order valence-corrected chi connectivity index (χ2v) is 3.36. The van der Waals surface area contributed by atoms with Gasteiger partial charge in [0.25, 0.3) is 0 Å². The molecule has 0 aliphatic carbocycles. The zero-order valence-electron chi connectivity index (χ0n) is 9.06. The normalized spacial score (nSPS) is 10.3. The largest absolute Gasteiger partial charge is 0.507 e. The quantitative estimate of drug-likeness (QED) is 0.774. The number of ether oxygens (including phenoxy) is 1. The van der Waals surface area contributed by atoms with Crippen LogP contribution in [-0.2, 0) is 4.74 Å². The molecule has 0 heterocycles. The number of phenolic OH excluding ortho intramolecular Hbond substituents is 1.